The molecule has 1 aliphatic rings. The molecule has 0 saturated heterocycles. The molecular weight excluding hydrogens is 396 g/mol. The fourth-order valence-corrected chi connectivity index (χ4v) is 7.05. The van der Waals surface area contributed by atoms with Gasteiger partial charge in [-0.05, 0) is 80.0 Å². The van der Waals surface area contributed by atoms with Gasteiger partial charge in [-0.1, -0.05) is 132 Å². The quantitative estimate of drug-likeness (QED) is 0.169. The molecule has 0 amide bonds. The highest BCUT2D eigenvalue weighted by Crippen LogP contribution is 2.50. The molecular formula is C33H66. The van der Waals surface area contributed by atoms with Crippen LogP contribution < -0.4 is 0 Å². The van der Waals surface area contributed by atoms with Crippen molar-refractivity contribution in [2.45, 2.75) is 177 Å². The first kappa shape index (κ1) is 31.0. The number of hydrogen-bond acceptors (Lipinski definition) is 0. The first-order valence-electron chi connectivity index (χ1n) is 15.9. The van der Waals surface area contributed by atoms with Gasteiger partial charge in [-0.25, -0.2) is 0 Å². The van der Waals surface area contributed by atoms with Gasteiger partial charge >= 0.3 is 0 Å². The van der Waals surface area contributed by atoms with E-state index in [1.54, 1.807) is 0 Å². The molecule has 198 valence electrons. The van der Waals surface area contributed by atoms with Crippen molar-refractivity contribution in [3.8, 4) is 0 Å². The number of hydrogen-bond donors (Lipinski definition) is 0. The third kappa shape index (κ3) is 12.5. The van der Waals surface area contributed by atoms with Crippen LogP contribution >= 0.6 is 0 Å². The smallest absolute Gasteiger partial charge is 0.0323 e. The van der Waals surface area contributed by atoms with Crippen molar-refractivity contribution in [3.63, 3.8) is 0 Å². The van der Waals surface area contributed by atoms with Gasteiger partial charge < -0.3 is 0 Å². The van der Waals surface area contributed by atoms with Gasteiger partial charge in [0.2, 0.25) is 0 Å². The Morgan fingerprint density at radius 3 is 1.67 bits per heavy atom. The van der Waals surface area contributed by atoms with Gasteiger partial charge in [0.25, 0.3) is 0 Å². The zero-order chi connectivity index (χ0) is 24.5. The Bertz CT molecular complexity index is 439. The molecule has 0 radical (unpaired) electrons. The standard InChI is InChI=1S/C33H66/c1-8-14-17-28(11-4)20-21-32-27-33(7,24-22-29(12-5)18-15-9-2)25-23-31(32)26-30(13-6)19-16-10-3/h28-32H,8-27H2,1-7H3. The summed E-state index contributed by atoms with van der Waals surface area (Å²) in [6.45, 7) is 17.1. The highest BCUT2D eigenvalue weighted by molar-refractivity contribution is 4.89. The number of unbranched alkanes of at least 4 members (excludes halogenated alkanes) is 3. The molecule has 0 aromatic rings. The molecule has 33 heavy (non-hydrogen) atoms. The van der Waals surface area contributed by atoms with Crippen LogP contribution in [-0.2, 0) is 0 Å². The van der Waals surface area contributed by atoms with Crippen LogP contribution in [0.15, 0.2) is 0 Å². The molecule has 0 aromatic heterocycles. The second-order valence-electron chi connectivity index (χ2n) is 12.7. The van der Waals surface area contributed by atoms with E-state index in [9.17, 15) is 0 Å². The van der Waals surface area contributed by atoms with E-state index in [1.165, 1.54) is 128 Å². The summed E-state index contributed by atoms with van der Waals surface area (Å²) >= 11 is 0. The molecule has 1 fully saturated rings. The van der Waals surface area contributed by atoms with Gasteiger partial charge in [-0.15, -0.1) is 0 Å². The highest BCUT2D eigenvalue weighted by atomic mass is 14.4. The van der Waals surface area contributed by atoms with Crippen molar-refractivity contribution in [1.29, 1.82) is 0 Å². The molecule has 1 saturated carbocycles. The van der Waals surface area contributed by atoms with Crippen LogP contribution in [0.5, 0.6) is 0 Å². The normalized spacial score (nSPS) is 26.3. The minimum absolute atomic E-state index is 0.622. The van der Waals surface area contributed by atoms with E-state index in [0.29, 0.717) is 5.41 Å². The molecule has 0 heteroatoms. The van der Waals surface area contributed by atoms with Crippen LogP contribution in [0.2, 0.25) is 0 Å². The summed E-state index contributed by atoms with van der Waals surface area (Å²) in [5.41, 5.74) is 0.622. The lowest BCUT2D eigenvalue weighted by Crippen LogP contribution is -2.33. The van der Waals surface area contributed by atoms with Gasteiger partial charge in [0, 0.05) is 0 Å². The van der Waals surface area contributed by atoms with Crippen molar-refractivity contribution in [1.82, 2.24) is 0 Å². The topological polar surface area (TPSA) is 0 Å². The molecule has 0 N–H and O–H groups in total. The second-order valence-corrected chi connectivity index (χ2v) is 12.7. The maximum Gasteiger partial charge on any atom is -0.0323 e. The fraction of sp³-hybridized carbons (Fsp3) is 1.00. The first-order valence-corrected chi connectivity index (χ1v) is 15.9. The first-order chi connectivity index (χ1) is 15.9. The lowest BCUT2D eigenvalue weighted by Gasteiger charge is -2.45. The Labute approximate surface area is 211 Å². The molecule has 6 atom stereocenters. The summed E-state index contributed by atoms with van der Waals surface area (Å²) in [7, 11) is 0. The van der Waals surface area contributed by atoms with Crippen molar-refractivity contribution < 1.29 is 0 Å². The van der Waals surface area contributed by atoms with Crippen molar-refractivity contribution in [2.75, 3.05) is 0 Å². The Morgan fingerprint density at radius 1 is 0.636 bits per heavy atom. The third-order valence-electron chi connectivity index (χ3n) is 9.91. The Kier molecular flexibility index (Phi) is 17.2. The van der Waals surface area contributed by atoms with Crippen LogP contribution in [0, 0.1) is 35.0 Å². The summed E-state index contributed by atoms with van der Waals surface area (Å²) in [5.74, 6) is 4.98. The molecule has 0 nitrogen and oxygen atoms in total. The van der Waals surface area contributed by atoms with Crippen LogP contribution in [0.25, 0.3) is 0 Å². The molecule has 1 aliphatic carbocycles. The highest BCUT2D eigenvalue weighted by Gasteiger charge is 2.38. The molecule has 1 rings (SSSR count). The van der Waals surface area contributed by atoms with E-state index in [4.69, 9.17) is 0 Å². The predicted molar refractivity (Wildman–Crippen MR) is 152 cm³/mol. The van der Waals surface area contributed by atoms with E-state index in [2.05, 4.69) is 48.5 Å². The summed E-state index contributed by atoms with van der Waals surface area (Å²) in [5, 5.41) is 0. The van der Waals surface area contributed by atoms with Crippen LogP contribution in [0.1, 0.15) is 177 Å². The summed E-state index contributed by atoms with van der Waals surface area (Å²) in [6.07, 6.45) is 29.2. The van der Waals surface area contributed by atoms with Crippen molar-refractivity contribution in [3.05, 3.63) is 0 Å². The molecule has 0 aromatic carbocycles. The van der Waals surface area contributed by atoms with Gasteiger partial charge in [0.05, 0.1) is 0 Å². The van der Waals surface area contributed by atoms with Crippen LogP contribution in [-0.4, -0.2) is 0 Å². The summed E-state index contributed by atoms with van der Waals surface area (Å²) in [6, 6.07) is 0. The maximum atomic E-state index is 2.69. The SMILES string of the molecule is CCCCC(CC)CCC1CC(C)(CCC(CC)CCCC)CCC1CC(CC)CCCC. The lowest BCUT2D eigenvalue weighted by atomic mass is 9.61. The predicted octanol–water partition coefficient (Wildman–Crippen LogP) is 12.0. The Hall–Kier alpha value is 0. The summed E-state index contributed by atoms with van der Waals surface area (Å²) in [4.78, 5) is 0. The largest absolute Gasteiger partial charge is 0.0654 e. The van der Waals surface area contributed by atoms with E-state index < -0.39 is 0 Å². The molecule has 0 heterocycles. The Balaban J connectivity index is 2.79. The van der Waals surface area contributed by atoms with Crippen LogP contribution in [0.3, 0.4) is 0 Å². The van der Waals surface area contributed by atoms with Crippen molar-refractivity contribution in [2.24, 2.45) is 35.0 Å². The van der Waals surface area contributed by atoms with E-state index >= 15 is 0 Å². The monoisotopic (exact) mass is 463 g/mol. The minimum Gasteiger partial charge on any atom is -0.0654 e. The maximum absolute atomic E-state index is 2.69. The summed E-state index contributed by atoms with van der Waals surface area (Å²) < 4.78 is 0. The Morgan fingerprint density at radius 2 is 1.15 bits per heavy atom. The zero-order valence-electron chi connectivity index (χ0n) is 24.5. The molecule has 6 unspecified atom stereocenters. The van der Waals surface area contributed by atoms with Crippen LogP contribution in [0.4, 0.5) is 0 Å². The van der Waals surface area contributed by atoms with Gasteiger partial charge in [-0.2, -0.15) is 0 Å². The average Bonchev–Trinajstić information content (AvgIpc) is 2.83. The minimum atomic E-state index is 0.622. The number of rotatable bonds is 20. The molecule has 0 aliphatic heterocycles. The molecule has 0 bridgehead atoms. The van der Waals surface area contributed by atoms with Gasteiger partial charge in [0.1, 0.15) is 0 Å². The van der Waals surface area contributed by atoms with E-state index in [1.807, 2.05) is 0 Å². The van der Waals surface area contributed by atoms with Gasteiger partial charge in [0.15, 0.2) is 0 Å². The fourth-order valence-electron chi connectivity index (χ4n) is 7.05. The van der Waals surface area contributed by atoms with Gasteiger partial charge in [-0.3, -0.25) is 0 Å². The second kappa shape index (κ2) is 18.3. The zero-order valence-corrected chi connectivity index (χ0v) is 24.5. The van der Waals surface area contributed by atoms with E-state index in [0.717, 1.165) is 29.6 Å². The van der Waals surface area contributed by atoms with Crippen molar-refractivity contribution >= 4 is 0 Å². The van der Waals surface area contributed by atoms with E-state index in [-0.39, 0.29) is 0 Å². The lowest BCUT2D eigenvalue weighted by molar-refractivity contribution is 0.0625. The third-order valence-corrected chi connectivity index (χ3v) is 9.91. The average molecular weight is 463 g/mol. The molecule has 0 spiro atoms.